The fourth-order valence-electron chi connectivity index (χ4n) is 4.23. The average Bonchev–Trinajstić information content (AvgIpc) is 3.30. The lowest BCUT2D eigenvalue weighted by Crippen LogP contribution is -2.36. The molecule has 10 heteroatoms. The van der Waals surface area contributed by atoms with E-state index >= 15 is 0 Å². The van der Waals surface area contributed by atoms with Gasteiger partial charge in [-0.3, -0.25) is 9.59 Å². The predicted octanol–water partition coefficient (Wildman–Crippen LogP) is 2.82. The van der Waals surface area contributed by atoms with E-state index in [2.05, 4.69) is 17.6 Å². The number of carbonyl (C=O) groups excluding carboxylic acids is 2. The van der Waals surface area contributed by atoms with Gasteiger partial charge in [0.1, 0.15) is 16.5 Å². The molecule has 2 N–H and O–H groups in total. The lowest BCUT2D eigenvalue weighted by Gasteiger charge is -2.19. The number of carbonyl (C=O) groups is 2. The van der Waals surface area contributed by atoms with Gasteiger partial charge in [0.2, 0.25) is 0 Å². The summed E-state index contributed by atoms with van der Waals surface area (Å²) in [4.78, 5) is 26.9. The van der Waals surface area contributed by atoms with Crippen LogP contribution in [0.25, 0.3) is 0 Å². The molecule has 8 nitrogen and oxygen atoms in total. The molecule has 4 rings (SSSR count). The third-order valence-corrected chi connectivity index (χ3v) is 8.93. The van der Waals surface area contributed by atoms with Gasteiger partial charge in [-0.1, -0.05) is 6.92 Å². The minimum atomic E-state index is -3.11. The lowest BCUT2D eigenvalue weighted by atomic mass is 9.88. The first-order valence-corrected chi connectivity index (χ1v) is 13.6. The van der Waals surface area contributed by atoms with Crippen LogP contribution in [0.15, 0.2) is 24.3 Å². The first kappa shape index (κ1) is 23.6. The van der Waals surface area contributed by atoms with Crippen LogP contribution in [0.2, 0.25) is 0 Å². The maximum absolute atomic E-state index is 13.2. The topological polar surface area (TPSA) is 111 Å². The Morgan fingerprint density at radius 2 is 1.88 bits per heavy atom. The van der Waals surface area contributed by atoms with Gasteiger partial charge in [0.05, 0.1) is 24.2 Å². The second-order valence-corrected chi connectivity index (χ2v) is 12.0. The highest BCUT2D eigenvalue weighted by Gasteiger charge is 2.33. The molecule has 178 valence electrons. The Morgan fingerprint density at radius 1 is 1.15 bits per heavy atom. The van der Waals surface area contributed by atoms with Crippen molar-refractivity contribution in [1.29, 1.82) is 0 Å². The van der Waals surface area contributed by atoms with Crippen molar-refractivity contribution in [2.45, 2.75) is 38.6 Å². The Kier molecular flexibility index (Phi) is 6.94. The number of ether oxygens (including phenoxy) is 2. The molecule has 2 aromatic rings. The minimum absolute atomic E-state index is 0.0422. The highest BCUT2D eigenvalue weighted by Crippen LogP contribution is 2.39. The number of rotatable bonds is 7. The van der Waals surface area contributed by atoms with Crippen molar-refractivity contribution < 1.29 is 27.5 Å². The first-order valence-electron chi connectivity index (χ1n) is 11.0. The monoisotopic (exact) mass is 492 g/mol. The number of anilines is 1. The fourth-order valence-corrected chi connectivity index (χ4v) is 7.33. The van der Waals surface area contributed by atoms with E-state index in [-0.39, 0.29) is 29.9 Å². The van der Waals surface area contributed by atoms with Crippen LogP contribution in [-0.4, -0.2) is 51.5 Å². The molecule has 2 heterocycles. The molecule has 0 radical (unpaired) electrons. The zero-order chi connectivity index (χ0) is 23.6. The number of fused-ring (bicyclic) bond motifs is 1. The zero-order valence-electron chi connectivity index (χ0n) is 18.7. The standard InChI is InChI=1S/C23H28N2O6S2/c1-14-3-8-18-19(11-14)32-23(21(18)22(27)24-15-9-10-33(28,29)13-15)25-20(26)12-31-17-6-4-16(30-2)5-7-17/h4-7,14-15H,3,8-13H2,1-2H3,(H,24,27)(H,25,26)/t14-,15-/m1/s1. The van der Waals surface area contributed by atoms with E-state index in [0.29, 0.717) is 34.4 Å². The summed E-state index contributed by atoms with van der Waals surface area (Å²) >= 11 is 1.42. The normalized spacial score (nSPS) is 21.2. The number of nitrogens with one attached hydrogen (secondary N) is 2. The number of benzene rings is 1. The summed E-state index contributed by atoms with van der Waals surface area (Å²) in [5, 5.41) is 6.22. The van der Waals surface area contributed by atoms with Crippen LogP contribution in [0.1, 0.15) is 40.6 Å². The highest BCUT2D eigenvalue weighted by molar-refractivity contribution is 7.91. The van der Waals surface area contributed by atoms with Crippen molar-refractivity contribution in [3.63, 3.8) is 0 Å². The van der Waals surface area contributed by atoms with Gasteiger partial charge >= 0.3 is 0 Å². The molecule has 0 unspecified atom stereocenters. The van der Waals surface area contributed by atoms with Crippen molar-refractivity contribution in [2.24, 2.45) is 5.92 Å². The number of amides is 2. The molecule has 2 aliphatic rings. The highest BCUT2D eigenvalue weighted by atomic mass is 32.2. The summed E-state index contributed by atoms with van der Waals surface area (Å²) in [6.45, 7) is 1.97. The van der Waals surface area contributed by atoms with Gasteiger partial charge in [0.15, 0.2) is 16.4 Å². The van der Waals surface area contributed by atoms with Gasteiger partial charge in [0, 0.05) is 10.9 Å². The van der Waals surface area contributed by atoms with Gasteiger partial charge in [-0.2, -0.15) is 0 Å². The molecule has 1 aliphatic carbocycles. The van der Waals surface area contributed by atoms with Gasteiger partial charge in [-0.05, 0) is 61.4 Å². The van der Waals surface area contributed by atoms with Gasteiger partial charge in [-0.25, -0.2) is 8.42 Å². The molecule has 1 aliphatic heterocycles. The maximum atomic E-state index is 13.2. The first-order chi connectivity index (χ1) is 15.7. The molecule has 33 heavy (non-hydrogen) atoms. The minimum Gasteiger partial charge on any atom is -0.497 e. The summed E-state index contributed by atoms with van der Waals surface area (Å²) in [6, 6.07) is 6.51. The second-order valence-electron chi connectivity index (χ2n) is 8.64. The molecule has 0 spiro atoms. The Morgan fingerprint density at radius 3 is 2.55 bits per heavy atom. The fraction of sp³-hybridized carbons (Fsp3) is 0.478. The second kappa shape index (κ2) is 9.72. The van der Waals surface area contributed by atoms with Gasteiger partial charge < -0.3 is 20.1 Å². The molecule has 1 aromatic carbocycles. The molecule has 2 atom stereocenters. The van der Waals surface area contributed by atoms with Crippen LogP contribution in [0.5, 0.6) is 11.5 Å². The van der Waals surface area contributed by atoms with Crippen molar-refractivity contribution in [1.82, 2.24) is 5.32 Å². The third kappa shape index (κ3) is 5.67. The largest absolute Gasteiger partial charge is 0.497 e. The molecule has 1 aromatic heterocycles. The number of thiophene rings is 1. The molecule has 0 bridgehead atoms. The molecule has 2 amide bonds. The zero-order valence-corrected chi connectivity index (χ0v) is 20.3. The number of sulfone groups is 1. The summed E-state index contributed by atoms with van der Waals surface area (Å²) < 4.78 is 34.2. The summed E-state index contributed by atoms with van der Waals surface area (Å²) in [5.74, 6) is 1.09. The van der Waals surface area contributed by atoms with Gasteiger partial charge in [0.25, 0.3) is 11.8 Å². The van der Waals surface area contributed by atoms with Crippen molar-refractivity contribution in [3.8, 4) is 11.5 Å². The van der Waals surface area contributed by atoms with Gasteiger partial charge in [-0.15, -0.1) is 11.3 Å². The summed E-state index contributed by atoms with van der Waals surface area (Å²) in [6.07, 6.45) is 3.00. The van der Waals surface area contributed by atoms with Crippen LogP contribution >= 0.6 is 11.3 Å². The van der Waals surface area contributed by atoms with Crippen LogP contribution < -0.4 is 20.1 Å². The molecule has 1 fully saturated rings. The van der Waals surface area contributed by atoms with Crippen LogP contribution in [-0.2, 0) is 27.5 Å². The van der Waals surface area contributed by atoms with E-state index in [9.17, 15) is 18.0 Å². The Bertz CT molecular complexity index is 1140. The Balaban J connectivity index is 1.48. The van der Waals surface area contributed by atoms with E-state index in [4.69, 9.17) is 9.47 Å². The molecular weight excluding hydrogens is 464 g/mol. The molecule has 0 saturated carbocycles. The van der Waals surface area contributed by atoms with Crippen LogP contribution in [0.4, 0.5) is 5.00 Å². The average molecular weight is 493 g/mol. The van der Waals surface area contributed by atoms with Crippen molar-refractivity contribution >= 4 is 38.0 Å². The SMILES string of the molecule is COc1ccc(OCC(=O)Nc2sc3c(c2C(=O)N[C@@H]2CCS(=O)(=O)C2)CC[C@@H](C)C3)cc1. The summed E-state index contributed by atoms with van der Waals surface area (Å²) in [5.41, 5.74) is 1.42. The van der Waals surface area contributed by atoms with E-state index in [0.717, 1.165) is 29.7 Å². The molecular formula is C23H28N2O6S2. The summed E-state index contributed by atoms with van der Waals surface area (Å²) in [7, 11) is -1.53. The van der Waals surface area contributed by atoms with Crippen molar-refractivity contribution in [2.75, 3.05) is 30.5 Å². The number of hydrogen-bond donors (Lipinski definition) is 2. The van der Waals surface area contributed by atoms with Crippen LogP contribution in [0, 0.1) is 5.92 Å². The van der Waals surface area contributed by atoms with E-state index in [1.807, 2.05) is 0 Å². The quantitative estimate of drug-likeness (QED) is 0.615. The Hall–Kier alpha value is -2.59. The van der Waals surface area contributed by atoms with E-state index in [1.54, 1.807) is 31.4 Å². The third-order valence-electron chi connectivity index (χ3n) is 5.99. The van der Waals surface area contributed by atoms with Crippen LogP contribution in [0.3, 0.4) is 0 Å². The molecule has 1 saturated heterocycles. The lowest BCUT2D eigenvalue weighted by molar-refractivity contribution is -0.118. The predicted molar refractivity (Wildman–Crippen MR) is 127 cm³/mol. The Labute approximate surface area is 197 Å². The van der Waals surface area contributed by atoms with E-state index in [1.165, 1.54) is 11.3 Å². The maximum Gasteiger partial charge on any atom is 0.262 e. The smallest absolute Gasteiger partial charge is 0.262 e. The van der Waals surface area contributed by atoms with Crippen molar-refractivity contribution in [3.05, 3.63) is 40.3 Å². The number of hydrogen-bond acceptors (Lipinski definition) is 7. The number of methoxy groups -OCH3 is 1. The van der Waals surface area contributed by atoms with E-state index < -0.39 is 15.9 Å².